The smallest absolute Gasteiger partial charge is 0.258 e. The van der Waals surface area contributed by atoms with Crippen molar-refractivity contribution < 1.29 is 19.4 Å². The van der Waals surface area contributed by atoms with Crippen molar-refractivity contribution in [2.24, 2.45) is 17.8 Å². The lowest BCUT2D eigenvalue weighted by molar-refractivity contribution is -0.136. The minimum absolute atomic E-state index is 0.106. The van der Waals surface area contributed by atoms with Crippen molar-refractivity contribution in [3.8, 4) is 5.88 Å². The zero-order valence-corrected chi connectivity index (χ0v) is 17.8. The number of carbonyl (C=O) groups excluding carboxylic acids is 1. The lowest BCUT2D eigenvalue weighted by Gasteiger charge is -2.58. The molecule has 1 amide bonds. The first-order valence-corrected chi connectivity index (χ1v) is 11.3. The predicted molar refractivity (Wildman–Crippen MR) is 110 cm³/mol. The summed E-state index contributed by atoms with van der Waals surface area (Å²) in [7, 11) is 0. The van der Waals surface area contributed by atoms with Gasteiger partial charge in [0.15, 0.2) is 0 Å². The Labute approximate surface area is 177 Å². The fraction of sp³-hybridized carbons (Fsp3) is 0.773. The fourth-order valence-corrected chi connectivity index (χ4v) is 6.18. The predicted octanol–water partition coefficient (Wildman–Crippen LogP) is 2.13. The molecule has 5 aliphatic rings. The Hall–Kier alpha value is -1.93. The molecule has 3 atom stereocenters. The molecule has 2 heterocycles. The van der Waals surface area contributed by atoms with Gasteiger partial charge in [-0.1, -0.05) is 0 Å². The van der Waals surface area contributed by atoms with Crippen molar-refractivity contribution in [2.75, 3.05) is 18.5 Å². The van der Waals surface area contributed by atoms with Crippen LogP contribution in [0, 0.1) is 17.8 Å². The Balaban J connectivity index is 1.33. The quantitative estimate of drug-likeness (QED) is 0.652. The van der Waals surface area contributed by atoms with E-state index in [9.17, 15) is 9.90 Å². The van der Waals surface area contributed by atoms with E-state index in [1.54, 1.807) is 6.20 Å². The van der Waals surface area contributed by atoms with E-state index in [0.717, 1.165) is 45.1 Å². The van der Waals surface area contributed by atoms with E-state index in [1.165, 1.54) is 0 Å². The first-order chi connectivity index (χ1) is 14.4. The molecule has 4 saturated carbocycles. The molecule has 6 rings (SSSR count). The summed E-state index contributed by atoms with van der Waals surface area (Å²) in [5.41, 5.74) is -0.145. The average Bonchev–Trinajstić information content (AvgIpc) is 3.16. The van der Waals surface area contributed by atoms with Gasteiger partial charge in [0.25, 0.3) is 5.91 Å². The third-order valence-electron chi connectivity index (χ3n) is 7.15. The molecule has 8 heteroatoms. The summed E-state index contributed by atoms with van der Waals surface area (Å²) in [6.07, 6.45) is 7.08. The summed E-state index contributed by atoms with van der Waals surface area (Å²) >= 11 is 0. The molecule has 30 heavy (non-hydrogen) atoms. The lowest BCUT2D eigenvalue weighted by Crippen LogP contribution is -2.61. The van der Waals surface area contributed by atoms with Crippen LogP contribution >= 0.6 is 0 Å². The van der Waals surface area contributed by atoms with Crippen LogP contribution in [0.15, 0.2) is 6.20 Å². The number of carbonyl (C=O) groups is 1. The van der Waals surface area contributed by atoms with Crippen LogP contribution in [0.25, 0.3) is 0 Å². The van der Waals surface area contributed by atoms with E-state index < -0.39 is 5.60 Å². The number of ether oxygens (including phenoxy) is 2. The third-order valence-corrected chi connectivity index (χ3v) is 7.15. The normalized spacial score (nSPS) is 36.9. The van der Waals surface area contributed by atoms with Gasteiger partial charge in [-0.3, -0.25) is 4.79 Å². The topological polar surface area (TPSA) is 106 Å². The summed E-state index contributed by atoms with van der Waals surface area (Å²) in [4.78, 5) is 22.1. The first kappa shape index (κ1) is 20.0. The second-order valence-corrected chi connectivity index (χ2v) is 9.98. The van der Waals surface area contributed by atoms with Crippen LogP contribution < -0.4 is 15.4 Å². The number of amides is 1. The van der Waals surface area contributed by atoms with E-state index in [4.69, 9.17) is 9.47 Å². The van der Waals surface area contributed by atoms with E-state index >= 15 is 0 Å². The second kappa shape index (κ2) is 7.64. The molecule has 3 N–H and O–H groups in total. The van der Waals surface area contributed by atoms with Gasteiger partial charge in [0.2, 0.25) is 11.8 Å². The average molecular weight is 417 g/mol. The molecule has 5 fully saturated rings. The maximum absolute atomic E-state index is 13.2. The Bertz CT molecular complexity index is 794. The molecule has 1 aromatic rings. The van der Waals surface area contributed by atoms with E-state index in [1.807, 2.05) is 13.8 Å². The molecule has 0 radical (unpaired) electrons. The van der Waals surface area contributed by atoms with Gasteiger partial charge in [-0.15, -0.1) is 0 Å². The number of anilines is 1. The van der Waals surface area contributed by atoms with Crippen LogP contribution in [-0.4, -0.2) is 58.0 Å². The number of hydrogen-bond donors (Lipinski definition) is 3. The van der Waals surface area contributed by atoms with Crippen molar-refractivity contribution in [1.29, 1.82) is 0 Å². The standard InChI is InChI=1S/C22H32N4O4/c1-12(2)30-20-17(10-23-21(26-20)24-16-3-4-29-11-16)19(27)25-18-14-5-13-6-15(18)9-22(28,7-13)8-14/h10,12-16,18,28H,3-9,11H2,1-2H3,(H,25,27)(H,23,24,26)/t13?,14?,15?,16-,18?,22?/m0/s1. The monoisotopic (exact) mass is 416 g/mol. The second-order valence-electron chi connectivity index (χ2n) is 9.98. The molecule has 2 unspecified atom stereocenters. The van der Waals surface area contributed by atoms with Crippen molar-refractivity contribution in [1.82, 2.24) is 15.3 Å². The number of rotatable bonds is 6. The molecule has 164 valence electrons. The summed E-state index contributed by atoms with van der Waals surface area (Å²) in [6.45, 7) is 5.19. The number of aromatic nitrogens is 2. The Morgan fingerprint density at radius 2 is 2.07 bits per heavy atom. The molecule has 4 bridgehead atoms. The zero-order chi connectivity index (χ0) is 20.9. The van der Waals surface area contributed by atoms with Gasteiger partial charge in [0, 0.05) is 18.8 Å². The van der Waals surface area contributed by atoms with Gasteiger partial charge in [0.05, 0.1) is 24.4 Å². The molecule has 4 aliphatic carbocycles. The molecule has 1 aromatic heterocycles. The highest BCUT2D eigenvalue weighted by atomic mass is 16.5. The number of nitrogens with one attached hydrogen (secondary N) is 2. The van der Waals surface area contributed by atoms with E-state index in [2.05, 4.69) is 20.6 Å². The molecular formula is C22H32N4O4. The van der Waals surface area contributed by atoms with Crippen molar-refractivity contribution >= 4 is 11.9 Å². The maximum atomic E-state index is 13.2. The first-order valence-electron chi connectivity index (χ1n) is 11.3. The van der Waals surface area contributed by atoms with E-state index in [-0.39, 0.29) is 24.1 Å². The highest BCUT2D eigenvalue weighted by molar-refractivity contribution is 5.96. The molecule has 1 aliphatic heterocycles. The van der Waals surface area contributed by atoms with Crippen molar-refractivity contribution in [3.05, 3.63) is 11.8 Å². The van der Waals surface area contributed by atoms with E-state index in [0.29, 0.717) is 41.8 Å². The highest BCUT2D eigenvalue weighted by Gasteiger charge is 2.55. The third kappa shape index (κ3) is 3.87. The van der Waals surface area contributed by atoms with Crippen LogP contribution in [0.5, 0.6) is 5.88 Å². The molecule has 1 saturated heterocycles. The van der Waals surface area contributed by atoms with Gasteiger partial charge < -0.3 is 25.2 Å². The van der Waals surface area contributed by atoms with Gasteiger partial charge in [-0.25, -0.2) is 4.98 Å². The molecule has 0 spiro atoms. The van der Waals surface area contributed by atoms with Crippen LogP contribution in [0.4, 0.5) is 5.95 Å². The summed E-state index contributed by atoms with van der Waals surface area (Å²) < 4.78 is 11.3. The minimum atomic E-state index is -0.510. The summed E-state index contributed by atoms with van der Waals surface area (Å²) in [5.74, 6) is 1.88. The van der Waals surface area contributed by atoms with Gasteiger partial charge in [-0.05, 0) is 70.1 Å². The van der Waals surface area contributed by atoms with Crippen molar-refractivity contribution in [3.63, 3.8) is 0 Å². The van der Waals surface area contributed by atoms with Crippen LogP contribution in [0.2, 0.25) is 0 Å². The summed E-state index contributed by atoms with van der Waals surface area (Å²) in [5, 5.41) is 17.3. The maximum Gasteiger partial charge on any atom is 0.258 e. The Morgan fingerprint density at radius 1 is 1.30 bits per heavy atom. The summed E-state index contributed by atoms with van der Waals surface area (Å²) in [6, 6.07) is 0.282. The van der Waals surface area contributed by atoms with Crippen molar-refractivity contribution in [2.45, 2.75) is 76.2 Å². The SMILES string of the molecule is CC(C)Oc1nc(N[C@H]2CCOC2)ncc1C(=O)NC1C2CC3CC1CC(O)(C3)C2. The van der Waals surface area contributed by atoms with Crippen LogP contribution in [0.3, 0.4) is 0 Å². The Kier molecular flexibility index (Phi) is 5.09. The Morgan fingerprint density at radius 3 is 2.70 bits per heavy atom. The zero-order valence-electron chi connectivity index (χ0n) is 17.8. The van der Waals surface area contributed by atoms with Gasteiger partial charge in [0.1, 0.15) is 5.56 Å². The van der Waals surface area contributed by atoms with Crippen LogP contribution in [0.1, 0.15) is 62.7 Å². The lowest BCUT2D eigenvalue weighted by atomic mass is 9.52. The number of nitrogens with zero attached hydrogens (tertiary/aromatic N) is 2. The number of hydrogen-bond acceptors (Lipinski definition) is 7. The number of aliphatic hydroxyl groups is 1. The van der Waals surface area contributed by atoms with Gasteiger partial charge in [-0.2, -0.15) is 4.98 Å². The largest absolute Gasteiger partial charge is 0.474 e. The molecular weight excluding hydrogens is 384 g/mol. The van der Waals surface area contributed by atoms with Crippen LogP contribution in [-0.2, 0) is 4.74 Å². The molecule has 8 nitrogen and oxygen atoms in total. The minimum Gasteiger partial charge on any atom is -0.474 e. The fourth-order valence-electron chi connectivity index (χ4n) is 6.18. The van der Waals surface area contributed by atoms with Gasteiger partial charge >= 0.3 is 0 Å². The highest BCUT2D eigenvalue weighted by Crippen LogP contribution is 2.55. The molecule has 0 aromatic carbocycles.